The molecule has 0 saturated heterocycles. The van der Waals surface area contributed by atoms with Crippen LogP contribution in [0.15, 0.2) is 48.5 Å². The molecule has 126 valence electrons. The highest BCUT2D eigenvalue weighted by Gasteiger charge is 2.10. The number of rotatable bonds is 7. The minimum absolute atomic E-state index is 0.0606. The zero-order valence-electron chi connectivity index (χ0n) is 12.8. The van der Waals surface area contributed by atoms with Gasteiger partial charge in [0, 0.05) is 0 Å². The molecule has 0 N–H and O–H groups in total. The largest absolute Gasteiger partial charge is 0.461 e. The van der Waals surface area contributed by atoms with Gasteiger partial charge in [0.1, 0.15) is 24.8 Å². The lowest BCUT2D eigenvalue weighted by Crippen LogP contribution is -2.10. The molecule has 2 rings (SSSR count). The highest BCUT2D eigenvalue weighted by molar-refractivity contribution is 5.77. The standard InChI is InChI=1S/C18H16F2O4/c19-15-5-1-3-13(9-15)11-23-17(21)7-8-18(22)24-12-14-4-2-6-16(20)10-14/h1-6,9-10H,7-8,11-12H2. The predicted octanol–water partition coefficient (Wildman–Crippen LogP) is 3.53. The van der Waals surface area contributed by atoms with Gasteiger partial charge in [0.2, 0.25) is 0 Å². The van der Waals surface area contributed by atoms with Gasteiger partial charge in [0.05, 0.1) is 12.8 Å². The van der Waals surface area contributed by atoms with Crippen LogP contribution in [-0.2, 0) is 32.3 Å². The van der Waals surface area contributed by atoms with Gasteiger partial charge in [0.25, 0.3) is 0 Å². The fraction of sp³-hybridized carbons (Fsp3) is 0.222. The van der Waals surface area contributed by atoms with Crippen molar-refractivity contribution in [2.45, 2.75) is 26.1 Å². The molecule has 4 nitrogen and oxygen atoms in total. The van der Waals surface area contributed by atoms with Crippen molar-refractivity contribution in [3.8, 4) is 0 Å². The first-order valence-corrected chi connectivity index (χ1v) is 7.33. The van der Waals surface area contributed by atoms with Crippen LogP contribution in [-0.4, -0.2) is 11.9 Å². The summed E-state index contributed by atoms with van der Waals surface area (Å²) in [7, 11) is 0. The third-order valence-corrected chi connectivity index (χ3v) is 3.11. The normalized spacial score (nSPS) is 10.2. The highest BCUT2D eigenvalue weighted by atomic mass is 19.1. The van der Waals surface area contributed by atoms with Crippen LogP contribution < -0.4 is 0 Å². The van der Waals surface area contributed by atoms with Crippen LogP contribution in [0.3, 0.4) is 0 Å². The maximum Gasteiger partial charge on any atom is 0.306 e. The second kappa shape index (κ2) is 8.76. The van der Waals surface area contributed by atoms with Gasteiger partial charge in [0.15, 0.2) is 0 Å². The van der Waals surface area contributed by atoms with E-state index in [0.29, 0.717) is 11.1 Å². The fourth-order valence-electron chi connectivity index (χ4n) is 1.93. The van der Waals surface area contributed by atoms with Crippen LogP contribution in [0.2, 0.25) is 0 Å². The first kappa shape index (κ1) is 17.6. The van der Waals surface area contributed by atoms with Gasteiger partial charge in [-0.25, -0.2) is 8.78 Å². The summed E-state index contributed by atoms with van der Waals surface area (Å²) in [4.78, 5) is 23.1. The van der Waals surface area contributed by atoms with Gasteiger partial charge < -0.3 is 9.47 Å². The van der Waals surface area contributed by atoms with Gasteiger partial charge in [-0.05, 0) is 35.4 Å². The van der Waals surface area contributed by atoms with E-state index in [1.54, 1.807) is 12.1 Å². The Kier molecular flexibility index (Phi) is 6.42. The molecule has 6 heteroatoms. The Hall–Kier alpha value is -2.76. The molecule has 2 aromatic carbocycles. The van der Waals surface area contributed by atoms with Crippen molar-refractivity contribution < 1.29 is 27.8 Å². The molecule has 0 atom stereocenters. The molecule has 0 aromatic heterocycles. The van der Waals surface area contributed by atoms with E-state index in [0.717, 1.165) is 0 Å². The lowest BCUT2D eigenvalue weighted by Gasteiger charge is -2.06. The number of ether oxygens (including phenoxy) is 2. The topological polar surface area (TPSA) is 52.6 Å². The Bertz CT molecular complexity index is 654. The number of hydrogen-bond donors (Lipinski definition) is 0. The van der Waals surface area contributed by atoms with E-state index in [2.05, 4.69) is 0 Å². The monoisotopic (exact) mass is 334 g/mol. The van der Waals surface area contributed by atoms with Crippen LogP contribution in [0.1, 0.15) is 24.0 Å². The van der Waals surface area contributed by atoms with E-state index < -0.39 is 23.6 Å². The van der Waals surface area contributed by atoms with Crippen LogP contribution in [0.4, 0.5) is 8.78 Å². The van der Waals surface area contributed by atoms with Crippen molar-refractivity contribution in [3.63, 3.8) is 0 Å². The van der Waals surface area contributed by atoms with Crippen molar-refractivity contribution in [1.82, 2.24) is 0 Å². The first-order chi connectivity index (χ1) is 11.5. The summed E-state index contributed by atoms with van der Waals surface area (Å²) in [6, 6.07) is 11.4. The summed E-state index contributed by atoms with van der Waals surface area (Å²) in [5, 5.41) is 0. The summed E-state index contributed by atoms with van der Waals surface area (Å²) in [6.45, 7) is -0.121. The second-order valence-corrected chi connectivity index (χ2v) is 5.08. The van der Waals surface area contributed by atoms with E-state index in [-0.39, 0.29) is 26.1 Å². The molecule has 0 fully saturated rings. The average Bonchev–Trinajstić information content (AvgIpc) is 2.56. The molecule has 0 saturated carbocycles. The number of halogens is 2. The minimum atomic E-state index is -0.582. The molecule has 0 unspecified atom stereocenters. The Labute approximate surface area is 138 Å². The summed E-state index contributed by atoms with van der Waals surface area (Å²) in [5.74, 6) is -1.99. The van der Waals surface area contributed by atoms with Crippen molar-refractivity contribution in [3.05, 3.63) is 71.3 Å². The van der Waals surface area contributed by atoms with E-state index in [4.69, 9.17) is 9.47 Å². The number of benzene rings is 2. The first-order valence-electron chi connectivity index (χ1n) is 7.33. The van der Waals surface area contributed by atoms with Gasteiger partial charge in [-0.2, -0.15) is 0 Å². The molecule has 0 aliphatic carbocycles. The molecule has 0 aliphatic rings. The quantitative estimate of drug-likeness (QED) is 0.727. The van der Waals surface area contributed by atoms with E-state index in [1.165, 1.54) is 36.4 Å². The maximum absolute atomic E-state index is 13.0. The van der Waals surface area contributed by atoms with Crippen molar-refractivity contribution in [2.75, 3.05) is 0 Å². The summed E-state index contributed by atoms with van der Waals surface area (Å²) >= 11 is 0. The molecular formula is C18H16F2O4. The molecule has 0 aliphatic heterocycles. The number of esters is 2. The predicted molar refractivity (Wildman–Crippen MR) is 81.6 cm³/mol. The number of hydrogen-bond acceptors (Lipinski definition) is 4. The molecule has 2 aromatic rings. The molecular weight excluding hydrogens is 318 g/mol. The van der Waals surface area contributed by atoms with Gasteiger partial charge in [-0.3, -0.25) is 9.59 Å². The van der Waals surface area contributed by atoms with E-state index >= 15 is 0 Å². The fourth-order valence-corrected chi connectivity index (χ4v) is 1.93. The Balaban J connectivity index is 1.66. The average molecular weight is 334 g/mol. The zero-order valence-corrected chi connectivity index (χ0v) is 12.8. The zero-order chi connectivity index (χ0) is 17.4. The lowest BCUT2D eigenvalue weighted by molar-refractivity contribution is -0.151. The van der Waals surface area contributed by atoms with Crippen molar-refractivity contribution in [1.29, 1.82) is 0 Å². The summed E-state index contributed by atoms with van der Waals surface area (Å²) in [5.41, 5.74) is 1.05. The maximum atomic E-state index is 13.0. The molecule has 0 amide bonds. The summed E-state index contributed by atoms with van der Waals surface area (Å²) < 4.78 is 35.8. The Morgan fingerprint density at radius 2 is 1.17 bits per heavy atom. The lowest BCUT2D eigenvalue weighted by atomic mass is 10.2. The SMILES string of the molecule is O=C(CCC(=O)OCc1cccc(F)c1)OCc1cccc(F)c1. The third-order valence-electron chi connectivity index (χ3n) is 3.11. The third kappa shape index (κ3) is 6.16. The molecule has 0 bridgehead atoms. The molecule has 0 heterocycles. The highest BCUT2D eigenvalue weighted by Crippen LogP contribution is 2.08. The van der Waals surface area contributed by atoms with Crippen molar-refractivity contribution >= 4 is 11.9 Å². The number of carbonyl (C=O) groups is 2. The molecule has 24 heavy (non-hydrogen) atoms. The smallest absolute Gasteiger partial charge is 0.306 e. The van der Waals surface area contributed by atoms with Crippen LogP contribution >= 0.6 is 0 Å². The van der Waals surface area contributed by atoms with Crippen LogP contribution in [0.25, 0.3) is 0 Å². The minimum Gasteiger partial charge on any atom is -0.461 e. The van der Waals surface area contributed by atoms with Crippen molar-refractivity contribution in [2.24, 2.45) is 0 Å². The van der Waals surface area contributed by atoms with Gasteiger partial charge in [-0.15, -0.1) is 0 Å². The Morgan fingerprint density at radius 3 is 1.54 bits per heavy atom. The van der Waals surface area contributed by atoms with Crippen LogP contribution in [0, 0.1) is 11.6 Å². The number of carbonyl (C=O) groups excluding carboxylic acids is 2. The van der Waals surface area contributed by atoms with Gasteiger partial charge in [-0.1, -0.05) is 24.3 Å². The molecule has 0 spiro atoms. The van der Waals surface area contributed by atoms with E-state index in [1.807, 2.05) is 0 Å². The van der Waals surface area contributed by atoms with E-state index in [9.17, 15) is 18.4 Å². The van der Waals surface area contributed by atoms with Gasteiger partial charge >= 0.3 is 11.9 Å². The van der Waals surface area contributed by atoms with Crippen LogP contribution in [0.5, 0.6) is 0 Å². The summed E-state index contributed by atoms with van der Waals surface area (Å²) in [6.07, 6.45) is -0.283. The second-order valence-electron chi connectivity index (χ2n) is 5.08. The molecule has 0 radical (unpaired) electrons. The Morgan fingerprint density at radius 1 is 0.750 bits per heavy atom.